The number of hydrogen-bond donors (Lipinski definition) is 1. The molecule has 0 atom stereocenters. The number of thioether (sulfide) groups is 1. The molecule has 2 heterocycles. The van der Waals surface area contributed by atoms with Crippen molar-refractivity contribution in [1.29, 1.82) is 0 Å². The first-order valence-electron chi connectivity index (χ1n) is 6.83. The Kier molecular flexibility index (Phi) is 6.01. The zero-order valence-corrected chi connectivity index (χ0v) is 13.9. The van der Waals surface area contributed by atoms with Gasteiger partial charge in [0.15, 0.2) is 5.16 Å². The van der Waals surface area contributed by atoms with Crippen molar-refractivity contribution >= 4 is 23.1 Å². The van der Waals surface area contributed by atoms with Crippen LogP contribution in [0.25, 0.3) is 0 Å². The second-order valence-corrected chi connectivity index (χ2v) is 6.62. The maximum atomic E-state index is 4.52. The first kappa shape index (κ1) is 15.5. The lowest BCUT2D eigenvalue weighted by Gasteiger charge is -2.07. The van der Waals surface area contributed by atoms with Crippen molar-refractivity contribution < 1.29 is 0 Å². The molecule has 0 spiro atoms. The van der Waals surface area contributed by atoms with Crippen molar-refractivity contribution in [3.8, 4) is 0 Å². The van der Waals surface area contributed by atoms with E-state index < -0.39 is 0 Å². The van der Waals surface area contributed by atoms with E-state index in [2.05, 4.69) is 39.0 Å². The fraction of sp³-hybridized carbons (Fsp3) is 0.467. The second-order valence-electron chi connectivity index (χ2n) is 4.78. The SMILES string of the molecule is Cc1nc(SCCNCCc2ccsc2)nc(C)c1C. The van der Waals surface area contributed by atoms with Crippen molar-refractivity contribution in [2.24, 2.45) is 0 Å². The van der Waals surface area contributed by atoms with Crippen LogP contribution in [0.5, 0.6) is 0 Å². The van der Waals surface area contributed by atoms with E-state index in [0.717, 1.165) is 41.8 Å². The molecule has 0 aromatic carbocycles. The summed E-state index contributed by atoms with van der Waals surface area (Å²) in [4.78, 5) is 9.03. The average Bonchev–Trinajstić information content (AvgIpc) is 2.93. The molecule has 0 fully saturated rings. The van der Waals surface area contributed by atoms with Gasteiger partial charge >= 0.3 is 0 Å². The molecule has 0 amide bonds. The standard InChI is InChI=1S/C15H21N3S2/c1-11-12(2)17-15(18-13(11)3)20-9-7-16-6-4-14-5-8-19-10-14/h5,8,10,16H,4,6-7,9H2,1-3H3. The lowest BCUT2D eigenvalue weighted by atomic mass is 10.2. The molecule has 0 radical (unpaired) electrons. The second kappa shape index (κ2) is 7.76. The van der Waals surface area contributed by atoms with Crippen LogP contribution in [0.4, 0.5) is 0 Å². The summed E-state index contributed by atoms with van der Waals surface area (Å²) in [5.74, 6) is 1.01. The number of nitrogens with one attached hydrogen (secondary N) is 1. The van der Waals surface area contributed by atoms with E-state index in [9.17, 15) is 0 Å². The predicted molar refractivity (Wildman–Crippen MR) is 87.9 cm³/mol. The van der Waals surface area contributed by atoms with Gasteiger partial charge in [0.2, 0.25) is 0 Å². The Morgan fingerprint density at radius 2 is 1.90 bits per heavy atom. The number of nitrogens with zero attached hydrogens (tertiary/aromatic N) is 2. The van der Waals surface area contributed by atoms with Crippen LogP contribution in [-0.4, -0.2) is 28.8 Å². The Balaban J connectivity index is 1.66. The van der Waals surface area contributed by atoms with Crippen LogP contribution >= 0.6 is 23.1 Å². The van der Waals surface area contributed by atoms with Crippen molar-refractivity contribution in [1.82, 2.24) is 15.3 Å². The molecule has 2 aromatic heterocycles. The number of rotatable bonds is 7. The highest BCUT2D eigenvalue weighted by Gasteiger charge is 2.04. The van der Waals surface area contributed by atoms with Crippen molar-refractivity contribution in [3.05, 3.63) is 39.3 Å². The van der Waals surface area contributed by atoms with Gasteiger partial charge in [0.25, 0.3) is 0 Å². The third-order valence-corrected chi connectivity index (χ3v) is 4.87. The fourth-order valence-corrected chi connectivity index (χ4v) is 3.35. The first-order valence-corrected chi connectivity index (χ1v) is 8.76. The molecule has 20 heavy (non-hydrogen) atoms. The van der Waals surface area contributed by atoms with Gasteiger partial charge in [-0.15, -0.1) is 0 Å². The topological polar surface area (TPSA) is 37.8 Å². The van der Waals surface area contributed by atoms with Crippen LogP contribution in [0.15, 0.2) is 22.0 Å². The van der Waals surface area contributed by atoms with Crippen molar-refractivity contribution in [3.63, 3.8) is 0 Å². The molecule has 0 saturated heterocycles. The Labute approximate surface area is 129 Å². The third-order valence-electron chi connectivity index (χ3n) is 3.29. The van der Waals surface area contributed by atoms with E-state index >= 15 is 0 Å². The molecular weight excluding hydrogens is 286 g/mol. The van der Waals surface area contributed by atoms with Gasteiger partial charge in [-0.25, -0.2) is 9.97 Å². The van der Waals surface area contributed by atoms with Crippen LogP contribution in [-0.2, 0) is 6.42 Å². The molecule has 0 unspecified atom stereocenters. The Morgan fingerprint density at radius 1 is 1.15 bits per heavy atom. The van der Waals surface area contributed by atoms with Gasteiger partial charge in [-0.2, -0.15) is 11.3 Å². The van der Waals surface area contributed by atoms with Crippen LogP contribution in [0.1, 0.15) is 22.5 Å². The minimum Gasteiger partial charge on any atom is -0.316 e. The van der Waals surface area contributed by atoms with Gasteiger partial charge < -0.3 is 5.32 Å². The number of thiophene rings is 1. The van der Waals surface area contributed by atoms with Crippen LogP contribution < -0.4 is 5.32 Å². The zero-order chi connectivity index (χ0) is 14.4. The third kappa shape index (κ3) is 4.58. The summed E-state index contributed by atoms with van der Waals surface area (Å²) in [6, 6.07) is 2.19. The van der Waals surface area contributed by atoms with Gasteiger partial charge in [0, 0.05) is 23.7 Å². The normalized spacial score (nSPS) is 10.9. The molecule has 3 nitrogen and oxygen atoms in total. The number of aryl methyl sites for hydroxylation is 2. The molecule has 0 aliphatic rings. The van der Waals surface area contributed by atoms with Gasteiger partial charge in [-0.05, 0) is 61.7 Å². The molecule has 5 heteroatoms. The van der Waals surface area contributed by atoms with Crippen LogP contribution in [0.2, 0.25) is 0 Å². The van der Waals surface area contributed by atoms with Gasteiger partial charge in [0.1, 0.15) is 0 Å². The summed E-state index contributed by atoms with van der Waals surface area (Å²) in [5, 5.41) is 8.70. The van der Waals surface area contributed by atoms with E-state index in [1.165, 1.54) is 11.1 Å². The highest BCUT2D eigenvalue weighted by atomic mass is 32.2. The molecular formula is C15H21N3S2. The summed E-state index contributed by atoms with van der Waals surface area (Å²) in [5.41, 5.74) is 4.79. The monoisotopic (exact) mass is 307 g/mol. The summed E-state index contributed by atoms with van der Waals surface area (Å²) in [6.07, 6.45) is 1.10. The predicted octanol–water partition coefficient (Wildman–Crippen LogP) is 3.39. The summed E-state index contributed by atoms with van der Waals surface area (Å²) >= 11 is 3.48. The lowest BCUT2D eigenvalue weighted by molar-refractivity contribution is 0.721. The van der Waals surface area contributed by atoms with Crippen LogP contribution in [0.3, 0.4) is 0 Å². The zero-order valence-electron chi connectivity index (χ0n) is 12.3. The maximum Gasteiger partial charge on any atom is 0.188 e. The van der Waals surface area contributed by atoms with E-state index in [-0.39, 0.29) is 0 Å². The highest BCUT2D eigenvalue weighted by molar-refractivity contribution is 7.99. The van der Waals surface area contributed by atoms with E-state index in [4.69, 9.17) is 0 Å². The smallest absolute Gasteiger partial charge is 0.188 e. The number of hydrogen-bond acceptors (Lipinski definition) is 5. The van der Waals surface area contributed by atoms with E-state index in [1.54, 1.807) is 23.1 Å². The number of aromatic nitrogens is 2. The van der Waals surface area contributed by atoms with Crippen LogP contribution in [0, 0.1) is 20.8 Å². The average molecular weight is 307 g/mol. The molecule has 0 saturated carbocycles. The highest BCUT2D eigenvalue weighted by Crippen LogP contribution is 2.16. The Hall–Kier alpha value is -0.910. The van der Waals surface area contributed by atoms with Gasteiger partial charge in [-0.3, -0.25) is 0 Å². The fourth-order valence-electron chi connectivity index (χ4n) is 1.81. The summed E-state index contributed by atoms with van der Waals surface area (Å²) in [7, 11) is 0. The Bertz CT molecular complexity index is 515. The minimum atomic E-state index is 0.894. The van der Waals surface area contributed by atoms with Gasteiger partial charge in [0.05, 0.1) is 0 Å². The van der Waals surface area contributed by atoms with Crippen molar-refractivity contribution in [2.75, 3.05) is 18.8 Å². The van der Waals surface area contributed by atoms with Gasteiger partial charge in [-0.1, -0.05) is 11.8 Å². The first-order chi connectivity index (χ1) is 9.66. The molecule has 0 bridgehead atoms. The van der Waals surface area contributed by atoms with E-state index in [0.29, 0.717) is 0 Å². The molecule has 108 valence electrons. The molecule has 2 aromatic rings. The quantitative estimate of drug-likeness (QED) is 0.483. The van der Waals surface area contributed by atoms with E-state index in [1.807, 2.05) is 13.8 Å². The maximum absolute atomic E-state index is 4.52. The largest absolute Gasteiger partial charge is 0.316 e. The van der Waals surface area contributed by atoms with Crippen molar-refractivity contribution in [2.45, 2.75) is 32.3 Å². The summed E-state index contributed by atoms with van der Waals surface area (Å²) < 4.78 is 0. The minimum absolute atomic E-state index is 0.894. The molecule has 2 rings (SSSR count). The Morgan fingerprint density at radius 3 is 2.55 bits per heavy atom. The molecule has 1 N–H and O–H groups in total. The molecule has 0 aliphatic heterocycles. The summed E-state index contributed by atoms with van der Waals surface area (Å²) in [6.45, 7) is 8.19. The lowest BCUT2D eigenvalue weighted by Crippen LogP contribution is -2.20. The molecule has 0 aliphatic carbocycles.